The molecule has 0 amide bonds. The van der Waals surface area contributed by atoms with Gasteiger partial charge in [0, 0.05) is 11.3 Å². The number of aryl methyl sites for hydroxylation is 2. The van der Waals surface area contributed by atoms with Gasteiger partial charge in [-0.05, 0) is 6.92 Å². The van der Waals surface area contributed by atoms with Gasteiger partial charge in [0.25, 0.3) is 0 Å². The number of nitrogen functional groups attached to an aromatic ring is 1. The topological polar surface area (TPSA) is 65.2 Å². The Labute approximate surface area is 80.7 Å². The number of carbonyl (C=O) groups is 1. The van der Waals surface area contributed by atoms with Crippen molar-refractivity contribution in [2.45, 2.75) is 19.8 Å². The van der Waals surface area contributed by atoms with Crippen LogP contribution in [0.5, 0.6) is 0 Å². The van der Waals surface area contributed by atoms with Crippen LogP contribution in [0.15, 0.2) is 0 Å². The molecule has 4 nitrogen and oxygen atoms in total. The smallest absolute Gasteiger partial charge is 0.305 e. The van der Waals surface area contributed by atoms with Crippen molar-refractivity contribution >= 4 is 22.4 Å². The maximum Gasteiger partial charge on any atom is 0.305 e. The first-order chi connectivity index (χ1) is 6.13. The Morgan fingerprint density at radius 2 is 2.38 bits per heavy atom. The van der Waals surface area contributed by atoms with Crippen LogP contribution in [0.4, 0.5) is 5.13 Å². The largest absolute Gasteiger partial charge is 0.469 e. The third kappa shape index (κ3) is 2.69. The number of thiazole rings is 1. The number of methoxy groups -OCH3 is 1. The van der Waals surface area contributed by atoms with Gasteiger partial charge in [-0.25, -0.2) is 4.98 Å². The number of ether oxygens (including phenoxy) is 1. The fraction of sp³-hybridized carbons (Fsp3) is 0.500. The summed E-state index contributed by atoms with van der Waals surface area (Å²) in [6, 6.07) is 0. The third-order valence-corrected chi connectivity index (χ3v) is 2.55. The summed E-state index contributed by atoms with van der Waals surface area (Å²) in [6.45, 7) is 1.95. The second-order valence-corrected chi connectivity index (χ2v) is 3.87. The van der Waals surface area contributed by atoms with E-state index in [4.69, 9.17) is 5.73 Å². The van der Waals surface area contributed by atoms with E-state index in [0.29, 0.717) is 18.0 Å². The lowest BCUT2D eigenvalue weighted by molar-refractivity contribution is -0.140. The number of carbonyl (C=O) groups excluding carboxylic acids is 1. The SMILES string of the molecule is COC(=O)CCc1nc(N)sc1C. The van der Waals surface area contributed by atoms with Gasteiger partial charge in [0.1, 0.15) is 0 Å². The maximum atomic E-state index is 10.8. The molecule has 0 aliphatic rings. The highest BCUT2D eigenvalue weighted by Gasteiger charge is 2.07. The molecule has 0 aliphatic carbocycles. The van der Waals surface area contributed by atoms with E-state index in [1.807, 2.05) is 6.92 Å². The minimum absolute atomic E-state index is 0.217. The minimum atomic E-state index is -0.217. The van der Waals surface area contributed by atoms with Gasteiger partial charge in [0.05, 0.1) is 19.2 Å². The van der Waals surface area contributed by atoms with Gasteiger partial charge in [-0.2, -0.15) is 0 Å². The zero-order valence-corrected chi connectivity index (χ0v) is 8.48. The zero-order chi connectivity index (χ0) is 9.84. The second-order valence-electron chi connectivity index (χ2n) is 2.63. The molecule has 0 bridgehead atoms. The van der Waals surface area contributed by atoms with Crippen molar-refractivity contribution in [3.05, 3.63) is 10.6 Å². The van der Waals surface area contributed by atoms with Gasteiger partial charge in [-0.1, -0.05) is 0 Å². The first-order valence-corrected chi connectivity index (χ1v) is 4.73. The maximum absolute atomic E-state index is 10.8. The van der Waals surface area contributed by atoms with Crippen LogP contribution in [0, 0.1) is 6.92 Å². The number of nitrogens with zero attached hydrogens (tertiary/aromatic N) is 1. The number of anilines is 1. The van der Waals surface area contributed by atoms with Gasteiger partial charge in [-0.15, -0.1) is 11.3 Å². The molecule has 1 aromatic rings. The van der Waals surface area contributed by atoms with Crippen LogP contribution in [0.2, 0.25) is 0 Å². The molecule has 0 aliphatic heterocycles. The van der Waals surface area contributed by atoms with Crippen molar-refractivity contribution in [1.29, 1.82) is 0 Å². The molecule has 1 heterocycles. The lowest BCUT2D eigenvalue weighted by Crippen LogP contribution is -2.02. The highest BCUT2D eigenvalue weighted by atomic mass is 32.1. The zero-order valence-electron chi connectivity index (χ0n) is 7.66. The van der Waals surface area contributed by atoms with Crippen molar-refractivity contribution in [1.82, 2.24) is 4.98 Å². The molecule has 0 atom stereocenters. The van der Waals surface area contributed by atoms with Crippen LogP contribution < -0.4 is 5.73 Å². The fourth-order valence-electron chi connectivity index (χ4n) is 1.00. The molecule has 1 aromatic heterocycles. The second kappa shape index (κ2) is 4.23. The molecule has 0 saturated heterocycles. The summed E-state index contributed by atoms with van der Waals surface area (Å²) in [5.41, 5.74) is 6.41. The molecule has 0 saturated carbocycles. The molecular formula is C8H12N2O2S. The Morgan fingerprint density at radius 1 is 1.69 bits per heavy atom. The van der Waals surface area contributed by atoms with Crippen molar-refractivity contribution < 1.29 is 9.53 Å². The van der Waals surface area contributed by atoms with Gasteiger partial charge < -0.3 is 10.5 Å². The third-order valence-electron chi connectivity index (χ3n) is 1.70. The van der Waals surface area contributed by atoms with Crippen LogP contribution in [-0.4, -0.2) is 18.1 Å². The molecule has 0 fully saturated rings. The quantitative estimate of drug-likeness (QED) is 0.743. The first kappa shape index (κ1) is 9.98. The van der Waals surface area contributed by atoms with Crippen LogP contribution in [0.3, 0.4) is 0 Å². The molecule has 13 heavy (non-hydrogen) atoms. The molecular weight excluding hydrogens is 188 g/mol. The first-order valence-electron chi connectivity index (χ1n) is 3.92. The normalized spacial score (nSPS) is 10.0. The molecule has 0 aromatic carbocycles. The predicted octanol–water partition coefficient (Wildman–Crippen LogP) is 1.14. The summed E-state index contributed by atoms with van der Waals surface area (Å²) < 4.78 is 4.52. The minimum Gasteiger partial charge on any atom is -0.469 e. The number of nitrogens with two attached hydrogens (primary N) is 1. The summed E-state index contributed by atoms with van der Waals surface area (Å²) in [6.07, 6.45) is 0.965. The van der Waals surface area contributed by atoms with E-state index in [1.165, 1.54) is 18.4 Å². The van der Waals surface area contributed by atoms with E-state index in [9.17, 15) is 4.79 Å². The Kier molecular flexibility index (Phi) is 3.25. The Hall–Kier alpha value is -1.10. The lowest BCUT2D eigenvalue weighted by atomic mass is 10.2. The predicted molar refractivity (Wildman–Crippen MR) is 51.6 cm³/mol. The van der Waals surface area contributed by atoms with Gasteiger partial charge >= 0.3 is 5.97 Å². The number of aromatic nitrogens is 1. The van der Waals surface area contributed by atoms with Gasteiger partial charge in [0.2, 0.25) is 0 Å². The van der Waals surface area contributed by atoms with Gasteiger partial charge in [0.15, 0.2) is 5.13 Å². The standard InChI is InChI=1S/C8H12N2O2S/c1-5-6(10-8(9)13-5)3-4-7(11)12-2/h3-4H2,1-2H3,(H2,9,10). The average molecular weight is 200 g/mol. The Balaban J connectivity index is 2.54. The van der Waals surface area contributed by atoms with Crippen molar-refractivity contribution in [2.24, 2.45) is 0 Å². The highest BCUT2D eigenvalue weighted by molar-refractivity contribution is 7.15. The van der Waals surface area contributed by atoms with E-state index in [1.54, 1.807) is 0 Å². The van der Waals surface area contributed by atoms with E-state index >= 15 is 0 Å². The summed E-state index contributed by atoms with van der Waals surface area (Å²) in [7, 11) is 1.38. The van der Waals surface area contributed by atoms with E-state index < -0.39 is 0 Å². The molecule has 0 radical (unpaired) electrons. The Morgan fingerprint density at radius 3 is 2.85 bits per heavy atom. The number of rotatable bonds is 3. The highest BCUT2D eigenvalue weighted by Crippen LogP contribution is 2.19. The number of hydrogen-bond donors (Lipinski definition) is 1. The average Bonchev–Trinajstić information content (AvgIpc) is 2.41. The number of hydrogen-bond acceptors (Lipinski definition) is 5. The van der Waals surface area contributed by atoms with Crippen LogP contribution in [-0.2, 0) is 16.0 Å². The molecule has 2 N–H and O–H groups in total. The lowest BCUT2D eigenvalue weighted by Gasteiger charge is -1.97. The molecule has 5 heteroatoms. The van der Waals surface area contributed by atoms with E-state index in [2.05, 4.69) is 9.72 Å². The van der Waals surface area contributed by atoms with E-state index in [-0.39, 0.29) is 5.97 Å². The van der Waals surface area contributed by atoms with Crippen LogP contribution in [0.1, 0.15) is 17.0 Å². The molecule has 0 unspecified atom stereocenters. The van der Waals surface area contributed by atoms with Crippen LogP contribution in [0.25, 0.3) is 0 Å². The summed E-state index contributed by atoms with van der Waals surface area (Å²) in [5.74, 6) is -0.217. The number of esters is 1. The van der Waals surface area contributed by atoms with Gasteiger partial charge in [-0.3, -0.25) is 4.79 Å². The van der Waals surface area contributed by atoms with Crippen molar-refractivity contribution in [3.8, 4) is 0 Å². The Bertz CT molecular complexity index is 309. The van der Waals surface area contributed by atoms with Crippen molar-refractivity contribution in [2.75, 3.05) is 12.8 Å². The van der Waals surface area contributed by atoms with Crippen molar-refractivity contribution in [3.63, 3.8) is 0 Å². The monoisotopic (exact) mass is 200 g/mol. The molecule has 1 rings (SSSR count). The summed E-state index contributed by atoms with van der Waals surface area (Å²) in [4.78, 5) is 16.0. The molecule has 72 valence electrons. The fourth-order valence-corrected chi connectivity index (χ4v) is 1.74. The van der Waals surface area contributed by atoms with E-state index in [0.717, 1.165) is 10.6 Å². The summed E-state index contributed by atoms with van der Waals surface area (Å²) >= 11 is 1.44. The summed E-state index contributed by atoms with van der Waals surface area (Å²) in [5, 5.41) is 0.553. The van der Waals surface area contributed by atoms with Crippen LogP contribution >= 0.6 is 11.3 Å². The molecule has 0 spiro atoms.